The first-order chi connectivity index (χ1) is 11.8. The van der Waals surface area contributed by atoms with E-state index >= 15 is 0 Å². The average Bonchev–Trinajstić information content (AvgIpc) is 2.96. The normalized spacial score (nSPS) is 11.6. The highest BCUT2D eigenvalue weighted by Gasteiger charge is 2.17. The highest BCUT2D eigenvalue weighted by molar-refractivity contribution is 7.89. The number of aryl methyl sites for hydroxylation is 2. The van der Waals surface area contributed by atoms with Gasteiger partial charge in [-0.05, 0) is 56.3 Å². The van der Waals surface area contributed by atoms with E-state index in [1.54, 1.807) is 13.0 Å². The minimum Gasteiger partial charge on any atom is -0.298 e. The van der Waals surface area contributed by atoms with E-state index in [0.29, 0.717) is 16.3 Å². The van der Waals surface area contributed by atoms with Crippen LogP contribution in [0.3, 0.4) is 0 Å². The Hall–Kier alpha value is -2.29. The third-order valence-corrected chi connectivity index (χ3v) is 6.14. The van der Waals surface area contributed by atoms with Gasteiger partial charge in [0.05, 0.1) is 15.1 Å². The van der Waals surface area contributed by atoms with Gasteiger partial charge >= 0.3 is 0 Å². The largest absolute Gasteiger partial charge is 0.298 e. The molecule has 0 aliphatic carbocycles. The van der Waals surface area contributed by atoms with Crippen molar-refractivity contribution in [2.75, 3.05) is 12.4 Å². The number of sulfonamides is 1. The number of thiazole rings is 1. The average molecular weight is 375 g/mol. The minimum atomic E-state index is -3.61. The summed E-state index contributed by atoms with van der Waals surface area (Å²) in [5, 5.41) is 3.24. The molecule has 0 unspecified atom stereocenters. The lowest BCUT2D eigenvalue weighted by atomic mass is 10.1. The lowest BCUT2D eigenvalue weighted by Gasteiger charge is -2.08. The van der Waals surface area contributed by atoms with Gasteiger partial charge in [0.1, 0.15) is 0 Å². The van der Waals surface area contributed by atoms with Gasteiger partial charge in [-0.15, -0.1) is 0 Å². The van der Waals surface area contributed by atoms with Gasteiger partial charge in [-0.2, -0.15) is 0 Å². The fourth-order valence-corrected chi connectivity index (χ4v) is 4.10. The lowest BCUT2D eigenvalue weighted by Crippen LogP contribution is -2.20. The fourth-order valence-electron chi connectivity index (χ4n) is 2.38. The van der Waals surface area contributed by atoms with Crippen molar-refractivity contribution in [2.24, 2.45) is 0 Å². The van der Waals surface area contributed by atoms with Gasteiger partial charge in [0, 0.05) is 5.56 Å². The fraction of sp³-hybridized carbons (Fsp3) is 0.176. The second kappa shape index (κ2) is 6.55. The Balaban J connectivity index is 1.93. The number of carbonyl (C=O) groups is 1. The van der Waals surface area contributed by atoms with Crippen molar-refractivity contribution in [3.8, 4) is 0 Å². The maximum absolute atomic E-state index is 12.6. The van der Waals surface area contributed by atoms with Crippen LogP contribution < -0.4 is 10.0 Å². The van der Waals surface area contributed by atoms with Gasteiger partial charge in [-0.3, -0.25) is 10.1 Å². The van der Waals surface area contributed by atoms with E-state index < -0.39 is 10.0 Å². The van der Waals surface area contributed by atoms with Crippen LogP contribution >= 0.6 is 11.3 Å². The molecule has 0 aliphatic rings. The summed E-state index contributed by atoms with van der Waals surface area (Å²) in [6, 6.07) is 10.3. The molecule has 1 heterocycles. The SMILES string of the molecule is CNS(=O)(=O)c1ccc(C)c(C(=O)Nc2nc3ccc(C)cc3s2)c1. The van der Waals surface area contributed by atoms with Gasteiger partial charge in [-0.25, -0.2) is 18.1 Å². The molecule has 8 heteroatoms. The maximum atomic E-state index is 12.6. The van der Waals surface area contributed by atoms with Crippen molar-refractivity contribution in [2.45, 2.75) is 18.7 Å². The molecule has 0 saturated carbocycles. The zero-order valence-corrected chi connectivity index (χ0v) is 15.6. The van der Waals surface area contributed by atoms with Crippen molar-refractivity contribution in [1.82, 2.24) is 9.71 Å². The molecule has 2 N–H and O–H groups in total. The van der Waals surface area contributed by atoms with E-state index in [1.807, 2.05) is 25.1 Å². The molecule has 0 saturated heterocycles. The molecule has 0 spiro atoms. The third-order valence-electron chi connectivity index (χ3n) is 3.80. The Kier molecular flexibility index (Phi) is 4.59. The maximum Gasteiger partial charge on any atom is 0.257 e. The van der Waals surface area contributed by atoms with Crippen LogP contribution in [0.2, 0.25) is 0 Å². The number of hydrogen-bond acceptors (Lipinski definition) is 5. The number of benzene rings is 2. The summed E-state index contributed by atoms with van der Waals surface area (Å²) in [5.41, 5.74) is 2.92. The molecule has 3 aromatic rings. The van der Waals surface area contributed by atoms with Crippen LogP contribution in [-0.4, -0.2) is 26.4 Å². The molecule has 1 amide bonds. The van der Waals surface area contributed by atoms with Crippen LogP contribution in [0.5, 0.6) is 0 Å². The molecule has 0 fully saturated rings. The van der Waals surface area contributed by atoms with Gasteiger partial charge in [0.25, 0.3) is 5.91 Å². The number of hydrogen-bond donors (Lipinski definition) is 2. The summed E-state index contributed by atoms with van der Waals surface area (Å²) in [4.78, 5) is 17.0. The van der Waals surface area contributed by atoms with Gasteiger partial charge in [0.2, 0.25) is 10.0 Å². The number of aromatic nitrogens is 1. The summed E-state index contributed by atoms with van der Waals surface area (Å²) in [5.74, 6) is -0.388. The zero-order valence-electron chi connectivity index (χ0n) is 14.0. The minimum absolute atomic E-state index is 0.0469. The predicted molar refractivity (Wildman–Crippen MR) is 99.7 cm³/mol. The van der Waals surface area contributed by atoms with Crippen molar-refractivity contribution < 1.29 is 13.2 Å². The van der Waals surface area contributed by atoms with E-state index in [2.05, 4.69) is 15.0 Å². The summed E-state index contributed by atoms with van der Waals surface area (Å²) < 4.78 is 27.1. The number of amides is 1. The third kappa shape index (κ3) is 3.55. The summed E-state index contributed by atoms with van der Waals surface area (Å²) in [6.45, 7) is 3.75. The van der Waals surface area contributed by atoms with Crippen molar-refractivity contribution >= 4 is 42.6 Å². The Morgan fingerprint density at radius 2 is 1.88 bits per heavy atom. The summed E-state index contributed by atoms with van der Waals surface area (Å²) >= 11 is 1.38. The molecule has 0 bridgehead atoms. The Morgan fingerprint density at radius 3 is 2.60 bits per heavy atom. The van der Waals surface area contributed by atoms with E-state index in [4.69, 9.17) is 0 Å². The smallest absolute Gasteiger partial charge is 0.257 e. The molecular weight excluding hydrogens is 358 g/mol. The van der Waals surface area contributed by atoms with E-state index in [-0.39, 0.29) is 10.8 Å². The molecule has 0 radical (unpaired) electrons. The van der Waals surface area contributed by atoms with E-state index in [0.717, 1.165) is 15.8 Å². The highest BCUT2D eigenvalue weighted by Crippen LogP contribution is 2.27. The van der Waals surface area contributed by atoms with Crippen LogP contribution in [0, 0.1) is 13.8 Å². The number of fused-ring (bicyclic) bond motifs is 1. The zero-order chi connectivity index (χ0) is 18.2. The van der Waals surface area contributed by atoms with Crippen LogP contribution in [0.4, 0.5) is 5.13 Å². The second-order valence-corrected chi connectivity index (χ2v) is 8.55. The van der Waals surface area contributed by atoms with Crippen molar-refractivity contribution in [1.29, 1.82) is 0 Å². The second-order valence-electron chi connectivity index (χ2n) is 5.63. The van der Waals surface area contributed by atoms with Crippen molar-refractivity contribution in [3.63, 3.8) is 0 Å². The van der Waals surface area contributed by atoms with Crippen LogP contribution in [-0.2, 0) is 10.0 Å². The van der Waals surface area contributed by atoms with E-state index in [9.17, 15) is 13.2 Å². The summed E-state index contributed by atoms with van der Waals surface area (Å²) in [6.07, 6.45) is 0. The Morgan fingerprint density at radius 1 is 1.12 bits per heavy atom. The quantitative estimate of drug-likeness (QED) is 0.733. The molecule has 3 rings (SSSR count). The predicted octanol–water partition coefficient (Wildman–Crippen LogP) is 3.07. The topological polar surface area (TPSA) is 88.2 Å². The molecule has 1 aromatic heterocycles. The first kappa shape index (κ1) is 17.5. The molecular formula is C17H17N3O3S2. The molecule has 6 nitrogen and oxygen atoms in total. The molecule has 25 heavy (non-hydrogen) atoms. The standard InChI is InChI=1S/C17H17N3O3S2/c1-10-4-7-14-15(8-10)24-17(19-14)20-16(21)13-9-12(6-5-11(13)2)25(22,23)18-3/h4-9,18H,1-3H3,(H,19,20,21). The highest BCUT2D eigenvalue weighted by atomic mass is 32.2. The Bertz CT molecular complexity index is 1070. The Labute approximate surface area is 150 Å². The summed E-state index contributed by atoms with van der Waals surface area (Å²) in [7, 11) is -2.28. The molecule has 0 aliphatic heterocycles. The number of rotatable bonds is 4. The van der Waals surface area contributed by atoms with Crippen LogP contribution in [0.1, 0.15) is 21.5 Å². The van der Waals surface area contributed by atoms with Crippen molar-refractivity contribution in [3.05, 3.63) is 53.1 Å². The lowest BCUT2D eigenvalue weighted by molar-refractivity contribution is 0.102. The van der Waals surface area contributed by atoms with Crippen LogP contribution in [0.25, 0.3) is 10.2 Å². The molecule has 0 atom stereocenters. The number of nitrogens with one attached hydrogen (secondary N) is 2. The van der Waals surface area contributed by atoms with E-state index in [1.165, 1.54) is 30.5 Å². The molecule has 2 aromatic carbocycles. The first-order valence-electron chi connectivity index (χ1n) is 7.53. The number of anilines is 1. The molecule has 130 valence electrons. The monoisotopic (exact) mass is 375 g/mol. The number of nitrogens with zero attached hydrogens (tertiary/aromatic N) is 1. The van der Waals surface area contributed by atoms with Gasteiger partial charge in [0.15, 0.2) is 5.13 Å². The first-order valence-corrected chi connectivity index (χ1v) is 9.83. The van der Waals surface area contributed by atoms with Gasteiger partial charge in [-0.1, -0.05) is 23.5 Å². The number of carbonyl (C=O) groups excluding carboxylic acids is 1. The van der Waals surface area contributed by atoms with Crippen LogP contribution in [0.15, 0.2) is 41.3 Å². The van der Waals surface area contributed by atoms with Gasteiger partial charge < -0.3 is 0 Å².